The minimum atomic E-state index is -4.51. The largest absolute Gasteiger partial charge is 0.497 e. The number of thiophene rings is 1. The molecule has 1 aromatic carbocycles. The van der Waals surface area contributed by atoms with Crippen LogP contribution in [0.1, 0.15) is 39.3 Å². The number of methoxy groups -OCH3 is 2. The van der Waals surface area contributed by atoms with E-state index in [4.69, 9.17) is 14.2 Å². The number of ether oxygens (including phenoxy) is 3. The lowest BCUT2D eigenvalue weighted by Gasteiger charge is -2.46. The summed E-state index contributed by atoms with van der Waals surface area (Å²) in [6.07, 6.45) is -3.12. The minimum absolute atomic E-state index is 0.00491. The van der Waals surface area contributed by atoms with E-state index in [1.165, 1.54) is 0 Å². The molecule has 2 aliphatic heterocycles. The Morgan fingerprint density at radius 3 is 2.62 bits per heavy atom. The van der Waals surface area contributed by atoms with Gasteiger partial charge in [-0.1, -0.05) is 31.6 Å². The van der Waals surface area contributed by atoms with Crippen molar-refractivity contribution in [1.82, 2.24) is 4.90 Å². The van der Waals surface area contributed by atoms with Crippen molar-refractivity contribution in [2.45, 2.75) is 69.9 Å². The van der Waals surface area contributed by atoms with Crippen molar-refractivity contribution in [3.63, 3.8) is 0 Å². The quantitative estimate of drug-likeness (QED) is 0.387. The summed E-state index contributed by atoms with van der Waals surface area (Å²) in [6.45, 7) is 7.41. The number of aliphatic hydroxyl groups is 1. The van der Waals surface area contributed by atoms with Gasteiger partial charge in [0.05, 0.1) is 33.5 Å². The van der Waals surface area contributed by atoms with Gasteiger partial charge in [0.15, 0.2) is 0 Å². The van der Waals surface area contributed by atoms with Gasteiger partial charge in [-0.25, -0.2) is 0 Å². The van der Waals surface area contributed by atoms with Gasteiger partial charge >= 0.3 is 6.18 Å². The number of alkyl halides is 3. The zero-order valence-corrected chi connectivity index (χ0v) is 23.7. The van der Waals surface area contributed by atoms with E-state index in [0.717, 1.165) is 16.9 Å². The number of nitrogens with zero attached hydrogens (tertiary/aromatic N) is 1. The second kappa shape index (κ2) is 10.6. The molecule has 1 N–H and O–H groups in total. The molecule has 0 aliphatic carbocycles. The molecule has 0 saturated carbocycles. The summed E-state index contributed by atoms with van der Waals surface area (Å²) in [4.78, 5) is 2.17. The first-order valence-corrected chi connectivity index (χ1v) is 16.7. The lowest BCUT2D eigenvalue weighted by molar-refractivity contribution is -0.135. The summed E-state index contributed by atoms with van der Waals surface area (Å²) in [7, 11) is 1.52. The SMILES string of the molecule is COc1ccc(CN2CCC3(CC2C#C[Si](C)(C)C)OCCc2c3sc(C(F)(F)F)c2CO)c(OC)c1. The maximum Gasteiger partial charge on any atom is 0.425 e. The topological polar surface area (TPSA) is 51.2 Å². The molecule has 1 saturated heterocycles. The van der Waals surface area contributed by atoms with E-state index in [-0.39, 0.29) is 11.6 Å². The molecule has 1 aromatic heterocycles. The fourth-order valence-corrected chi connectivity index (χ4v) is 7.14. The van der Waals surface area contributed by atoms with Crippen molar-refractivity contribution in [2.75, 3.05) is 27.4 Å². The van der Waals surface area contributed by atoms with Crippen molar-refractivity contribution < 1.29 is 32.5 Å². The number of benzene rings is 1. The summed E-state index contributed by atoms with van der Waals surface area (Å²) < 4.78 is 58.8. The van der Waals surface area contributed by atoms with Crippen LogP contribution >= 0.6 is 11.3 Å². The highest BCUT2D eigenvalue weighted by Crippen LogP contribution is 2.51. The highest BCUT2D eigenvalue weighted by atomic mass is 32.1. The van der Waals surface area contributed by atoms with Crippen molar-refractivity contribution in [2.24, 2.45) is 0 Å². The van der Waals surface area contributed by atoms with Crippen LogP contribution in [-0.2, 0) is 36.1 Å². The van der Waals surface area contributed by atoms with E-state index in [1.54, 1.807) is 14.2 Å². The molecular weight excluding hydrogens is 519 g/mol. The molecule has 2 unspecified atom stereocenters. The summed E-state index contributed by atoms with van der Waals surface area (Å²) in [5.41, 5.74) is 4.23. The Kier molecular flexibility index (Phi) is 8.03. The van der Waals surface area contributed by atoms with Gasteiger partial charge in [0.25, 0.3) is 0 Å². The van der Waals surface area contributed by atoms with Crippen LogP contribution in [0.15, 0.2) is 18.2 Å². The number of piperidine rings is 1. The Morgan fingerprint density at radius 2 is 2.00 bits per heavy atom. The number of rotatable bonds is 5. The van der Waals surface area contributed by atoms with Gasteiger partial charge in [-0.2, -0.15) is 13.2 Å². The van der Waals surface area contributed by atoms with E-state index in [0.29, 0.717) is 60.9 Å². The van der Waals surface area contributed by atoms with Gasteiger partial charge in [0.1, 0.15) is 30.1 Å². The molecule has 0 amide bonds. The van der Waals surface area contributed by atoms with Crippen LogP contribution in [0.5, 0.6) is 11.5 Å². The standard InChI is InChI=1S/C27H34F3NO4SSi/c1-33-20-7-6-18(23(14-20)34-2)16-31-11-10-26(15-19(31)9-13-37(3,4)5)24-21(8-12-35-26)22(17-32)25(36-24)27(28,29)30/h6-7,14,19,32H,8,10-12,15-17H2,1-5H3. The third kappa shape index (κ3) is 5.86. The zero-order valence-electron chi connectivity index (χ0n) is 21.9. The predicted octanol–water partition coefficient (Wildman–Crippen LogP) is 5.59. The van der Waals surface area contributed by atoms with Crippen molar-refractivity contribution in [3.8, 4) is 23.0 Å². The third-order valence-electron chi connectivity index (χ3n) is 6.92. The predicted molar refractivity (Wildman–Crippen MR) is 141 cm³/mol. The van der Waals surface area contributed by atoms with E-state index in [1.807, 2.05) is 18.2 Å². The molecule has 1 fully saturated rings. The first kappa shape index (κ1) is 28.0. The van der Waals surface area contributed by atoms with Gasteiger partial charge in [0, 0.05) is 41.6 Å². The van der Waals surface area contributed by atoms with Gasteiger partial charge < -0.3 is 19.3 Å². The Morgan fingerprint density at radius 1 is 1.24 bits per heavy atom. The average molecular weight is 554 g/mol. The van der Waals surface area contributed by atoms with Crippen LogP contribution in [-0.4, -0.2) is 51.5 Å². The number of fused-ring (bicyclic) bond motifs is 2. The van der Waals surface area contributed by atoms with E-state index in [9.17, 15) is 18.3 Å². The fraction of sp³-hybridized carbons (Fsp3) is 0.556. The Bertz CT molecular complexity index is 1200. The van der Waals surface area contributed by atoms with Crippen LogP contribution in [0.4, 0.5) is 13.2 Å². The molecule has 5 nitrogen and oxygen atoms in total. The van der Waals surface area contributed by atoms with Gasteiger partial charge in [-0.15, -0.1) is 16.9 Å². The lowest BCUT2D eigenvalue weighted by atomic mass is 9.80. The number of aliphatic hydroxyl groups excluding tert-OH is 1. The molecule has 1 spiro atoms. The van der Waals surface area contributed by atoms with Gasteiger partial charge in [-0.05, 0) is 24.5 Å². The molecule has 2 aromatic rings. The van der Waals surface area contributed by atoms with Crippen LogP contribution in [0.3, 0.4) is 0 Å². The van der Waals surface area contributed by atoms with E-state index in [2.05, 4.69) is 36.0 Å². The highest BCUT2D eigenvalue weighted by Gasteiger charge is 2.49. The molecule has 2 aliphatic rings. The lowest BCUT2D eigenvalue weighted by Crippen LogP contribution is -2.50. The Labute approximate surface area is 221 Å². The van der Waals surface area contributed by atoms with Crippen molar-refractivity contribution in [1.29, 1.82) is 0 Å². The minimum Gasteiger partial charge on any atom is -0.497 e. The van der Waals surface area contributed by atoms with E-state index >= 15 is 0 Å². The summed E-state index contributed by atoms with van der Waals surface area (Å²) in [5.74, 6) is 4.90. The maximum atomic E-state index is 13.8. The third-order valence-corrected chi connectivity index (χ3v) is 9.32. The number of hydrogen-bond acceptors (Lipinski definition) is 6. The molecule has 202 valence electrons. The highest BCUT2D eigenvalue weighted by molar-refractivity contribution is 7.12. The van der Waals surface area contributed by atoms with Crippen LogP contribution in [0, 0.1) is 11.5 Å². The van der Waals surface area contributed by atoms with Crippen LogP contribution in [0.2, 0.25) is 19.6 Å². The monoisotopic (exact) mass is 553 g/mol. The summed E-state index contributed by atoms with van der Waals surface area (Å²) in [6, 6.07) is 5.51. The Hall–Kier alpha value is -2.03. The first-order chi connectivity index (χ1) is 17.4. The zero-order chi connectivity index (χ0) is 27.0. The fourth-order valence-electron chi connectivity index (χ4n) is 5.14. The molecule has 37 heavy (non-hydrogen) atoms. The van der Waals surface area contributed by atoms with Crippen molar-refractivity contribution in [3.05, 3.63) is 44.6 Å². The van der Waals surface area contributed by atoms with Crippen LogP contribution in [0.25, 0.3) is 0 Å². The second-order valence-electron chi connectivity index (χ2n) is 10.6. The summed E-state index contributed by atoms with van der Waals surface area (Å²) in [5, 5.41) is 9.85. The molecule has 10 heteroatoms. The number of halogens is 3. The van der Waals surface area contributed by atoms with Crippen molar-refractivity contribution >= 4 is 19.4 Å². The smallest absolute Gasteiger partial charge is 0.425 e. The number of hydrogen-bond donors (Lipinski definition) is 1. The second-order valence-corrected chi connectivity index (χ2v) is 16.4. The first-order valence-electron chi connectivity index (χ1n) is 12.4. The molecule has 4 rings (SSSR count). The van der Waals surface area contributed by atoms with Crippen LogP contribution < -0.4 is 9.47 Å². The maximum absolute atomic E-state index is 13.8. The normalized spacial score (nSPS) is 22.4. The van der Waals surface area contributed by atoms with E-state index < -0.39 is 31.3 Å². The average Bonchev–Trinajstić information content (AvgIpc) is 3.25. The van der Waals surface area contributed by atoms with Gasteiger partial charge in [0.2, 0.25) is 0 Å². The molecule has 2 atom stereocenters. The number of likely N-dealkylation sites (tertiary alicyclic amines) is 1. The molecule has 3 heterocycles. The van der Waals surface area contributed by atoms with Gasteiger partial charge in [-0.3, -0.25) is 4.90 Å². The Balaban J connectivity index is 1.72. The molecule has 0 radical (unpaired) electrons. The molecular formula is C27H34F3NO4SSi. The summed E-state index contributed by atoms with van der Waals surface area (Å²) >= 11 is 0.738. The molecule has 0 bridgehead atoms.